The summed E-state index contributed by atoms with van der Waals surface area (Å²) in [5, 5.41) is -0.0262. The number of pyridine rings is 1. The molecule has 432 valence electrons. The van der Waals surface area contributed by atoms with Gasteiger partial charge in [0.1, 0.15) is 17.0 Å². The molecule has 0 radical (unpaired) electrons. The van der Waals surface area contributed by atoms with E-state index < -0.39 is 184 Å². The molecule has 0 spiro atoms. The van der Waals surface area contributed by atoms with Crippen LogP contribution in [0.5, 0.6) is 11.5 Å². The molecule has 4 aromatic heterocycles. The van der Waals surface area contributed by atoms with Crippen LogP contribution in [0.3, 0.4) is 0 Å². The Bertz CT molecular complexity index is 6680. The molecule has 0 atom stereocenters. The van der Waals surface area contributed by atoms with Crippen LogP contribution < -0.4 is 30.1 Å². The van der Waals surface area contributed by atoms with Crippen LogP contribution in [0.25, 0.3) is 116 Å². The standard InChI is InChI=1S/C82H56N4O2Si.Pt/c1-82(2,3)55-45-46-83-79(48-55)86-74-39-19-17-35-68(74)69-43-42-58(50-75(69)86)87-57-24-21-23-56(49-57)84-53-85-80-63(54-41-44-78-72(47-54)70-36-18-20-40-77(70)88-78)37-22-38-71(80)66-33-15-13-31-64(66)65-32-14-16-34-67(65)73-51-62(52-76(84)81(73)85)89(59-25-7-4-8-26-59,60-27-9-5-10-28-60)61-29-11-6-12-30-61;/h4-48,51-52H,1-3H3;/q-2;/i4D,5D,6D,7D,8D,9D,10D,11D,12D,13D,14D,15D,16D,25D,26D,27D,28D,29D,30D,31D,32D,33D,34D;. The van der Waals surface area contributed by atoms with Crippen molar-refractivity contribution in [2.24, 2.45) is 0 Å². The molecule has 90 heavy (non-hydrogen) atoms. The minimum atomic E-state index is -6.22. The smallest absolute Gasteiger partial charge is 0.268 e. The number of aromatic nitrogens is 4. The van der Waals surface area contributed by atoms with Crippen molar-refractivity contribution in [2.45, 2.75) is 26.2 Å². The van der Waals surface area contributed by atoms with Gasteiger partial charge in [-0.1, -0.05) is 238 Å². The summed E-state index contributed by atoms with van der Waals surface area (Å²) in [4.78, 5) is 4.85. The zero-order valence-corrected chi connectivity index (χ0v) is 51.1. The molecule has 0 fully saturated rings. The van der Waals surface area contributed by atoms with Crippen molar-refractivity contribution in [1.29, 1.82) is 0 Å². The number of hydrogen-bond donors (Lipinski definition) is 0. The second kappa shape index (κ2) is 21.7. The van der Waals surface area contributed by atoms with E-state index >= 15 is 0 Å². The van der Waals surface area contributed by atoms with Gasteiger partial charge < -0.3 is 18.3 Å². The van der Waals surface area contributed by atoms with E-state index in [4.69, 9.17) is 18.3 Å². The monoisotopic (exact) mass is 1370 g/mol. The minimum absolute atomic E-state index is 0. The molecule has 12 aromatic carbocycles. The van der Waals surface area contributed by atoms with Crippen molar-refractivity contribution in [3.05, 3.63) is 309 Å². The van der Waals surface area contributed by atoms with Crippen molar-refractivity contribution in [2.75, 3.05) is 0 Å². The van der Waals surface area contributed by atoms with Crippen LogP contribution >= 0.6 is 0 Å². The first-order chi connectivity index (χ1) is 53.3. The van der Waals surface area contributed by atoms with E-state index in [9.17, 15) is 27.4 Å². The Hall–Kier alpha value is -10.4. The molecule has 17 rings (SSSR count). The molecule has 0 amide bonds. The number of hydrogen-bond acceptors (Lipinski definition) is 3. The van der Waals surface area contributed by atoms with Crippen molar-refractivity contribution in [1.82, 2.24) is 14.1 Å². The summed E-state index contributed by atoms with van der Waals surface area (Å²) in [6.07, 6.45) is 5.29. The molecule has 8 heteroatoms. The molecular weight excluding hydrogens is 1300 g/mol. The first-order valence-corrected chi connectivity index (χ1v) is 30.5. The van der Waals surface area contributed by atoms with Gasteiger partial charge in [-0.3, -0.25) is 4.57 Å². The molecule has 0 unspecified atom stereocenters. The first kappa shape index (κ1) is 35.5. The van der Waals surface area contributed by atoms with Gasteiger partial charge in [-0.15, -0.1) is 29.7 Å². The second-order valence-corrected chi connectivity index (χ2v) is 26.1. The van der Waals surface area contributed by atoms with Gasteiger partial charge in [0, 0.05) is 55.1 Å². The minimum Gasteiger partial charge on any atom is -0.510 e. The third-order valence-electron chi connectivity index (χ3n) is 16.5. The fourth-order valence-electron chi connectivity index (χ4n) is 12.5. The van der Waals surface area contributed by atoms with Gasteiger partial charge in [-0.05, 0) is 124 Å². The number of imidazole rings is 1. The Morgan fingerprint density at radius 1 is 0.489 bits per heavy atom. The van der Waals surface area contributed by atoms with Crippen molar-refractivity contribution in [3.8, 4) is 73.2 Å². The topological polar surface area (TPSA) is 49.0 Å². The summed E-state index contributed by atoms with van der Waals surface area (Å²) < 4.78 is 242. The Morgan fingerprint density at radius 2 is 1.09 bits per heavy atom. The fraction of sp³-hybridized carbons (Fsp3) is 0.0488. The van der Waals surface area contributed by atoms with E-state index in [1.807, 2.05) is 77.4 Å². The fourth-order valence-corrected chi connectivity index (χ4v) is 16.4. The normalized spacial score (nSPS) is 15.7. The molecule has 1 aliphatic heterocycles. The predicted octanol–water partition coefficient (Wildman–Crippen LogP) is 17.1. The maximum atomic E-state index is 10.4. The van der Waals surface area contributed by atoms with Crippen LogP contribution in [0.15, 0.2) is 289 Å². The Kier molecular flexibility index (Phi) is 8.57. The summed E-state index contributed by atoms with van der Waals surface area (Å²) in [7, 11) is -6.22. The van der Waals surface area contributed by atoms with Gasteiger partial charge in [0.25, 0.3) is 6.33 Å². The van der Waals surface area contributed by atoms with Gasteiger partial charge in [0.15, 0.2) is 8.07 Å². The van der Waals surface area contributed by atoms with Crippen molar-refractivity contribution < 1.29 is 66.3 Å². The Labute approximate surface area is 569 Å². The molecule has 0 N–H and O–H groups in total. The third kappa shape index (κ3) is 8.78. The molecule has 5 heterocycles. The van der Waals surface area contributed by atoms with Gasteiger partial charge in [-0.25, -0.2) is 4.98 Å². The quantitative estimate of drug-likeness (QED) is 0.0626. The number of fused-ring (bicyclic) bond motifs is 13. The average molecular weight is 1380 g/mol. The summed E-state index contributed by atoms with van der Waals surface area (Å²) in [6, 6.07) is 25.1. The van der Waals surface area contributed by atoms with Crippen molar-refractivity contribution >= 4 is 83.6 Å². The Balaban J connectivity index is 0.00000964. The van der Waals surface area contributed by atoms with Crippen LogP contribution in [0.1, 0.15) is 57.9 Å². The zero-order chi connectivity index (χ0) is 79.4. The molecule has 0 saturated carbocycles. The number of rotatable bonds is 9. The molecule has 6 nitrogen and oxygen atoms in total. The number of nitrogens with zero attached hydrogens (tertiary/aromatic N) is 4. The van der Waals surface area contributed by atoms with Gasteiger partial charge >= 0.3 is 0 Å². The van der Waals surface area contributed by atoms with Gasteiger partial charge in [0.2, 0.25) is 0 Å². The summed E-state index contributed by atoms with van der Waals surface area (Å²) in [5.41, 5.74) is 1.78. The second-order valence-electron chi connectivity index (χ2n) is 22.5. The van der Waals surface area contributed by atoms with Crippen LogP contribution in [-0.2, 0) is 26.5 Å². The van der Waals surface area contributed by atoms with E-state index in [0.717, 1.165) is 27.2 Å². The van der Waals surface area contributed by atoms with E-state index in [0.29, 0.717) is 39.0 Å². The Morgan fingerprint density at radius 3 is 1.79 bits per heavy atom. The van der Waals surface area contributed by atoms with Crippen LogP contribution in [0.4, 0.5) is 0 Å². The number of benzene rings is 12. The molecule has 16 aromatic rings. The summed E-state index contributed by atoms with van der Waals surface area (Å²) >= 11 is 0. The number of para-hydroxylation sites is 3. The third-order valence-corrected chi connectivity index (χ3v) is 20.7. The van der Waals surface area contributed by atoms with Gasteiger partial charge in [0.05, 0.1) is 48.2 Å². The van der Waals surface area contributed by atoms with E-state index in [1.54, 1.807) is 60.8 Å². The van der Waals surface area contributed by atoms with Crippen LogP contribution in [-0.4, -0.2) is 22.2 Å². The first-order valence-electron chi connectivity index (χ1n) is 40.0. The summed E-state index contributed by atoms with van der Waals surface area (Å²) in [5.74, 6) is 0.846. The van der Waals surface area contributed by atoms with E-state index in [-0.39, 0.29) is 77.1 Å². The largest absolute Gasteiger partial charge is 0.510 e. The molecular formula is C82H56N4O2PtSi-2. The van der Waals surface area contributed by atoms with E-state index in [1.165, 1.54) is 21.3 Å². The molecule has 1 aliphatic rings. The maximum Gasteiger partial charge on any atom is 0.268 e. The number of ether oxygens (including phenoxy) is 1. The SMILES string of the molecule is [2H]c1c([2H])c([2H])c([Si](c2cc3c4c(c2)n(-c2[c-]c(Oc5[c-]c6c(cc5)c5ccccc5n6-c5cc(C(C)(C)C)ccn5)ccc2)[c-][n+]4-c2c(-c4ccc5oc6ccccc6c5c4)cccc2-c2c([2H])c([2H])c([2H])c([2H])c2-c2c([2H])c([2H])c([2H])c([2H])c2-3)(c2c([2H])c([2H])c([2H])c([2H])c2[2H])c2c([2H])c([2H])c([2H])c([2H])c2[2H])c([2H])c1[2H].[Pt]. The zero-order valence-electron chi connectivity index (χ0n) is 70.8. The molecule has 0 aliphatic carbocycles. The maximum absolute atomic E-state index is 10.4. The van der Waals surface area contributed by atoms with Crippen LogP contribution in [0.2, 0.25) is 0 Å². The average Bonchev–Trinajstić information content (AvgIpc) is 1.62. The number of furan rings is 1. The van der Waals surface area contributed by atoms with E-state index in [2.05, 4.69) is 39.2 Å². The molecule has 0 bridgehead atoms. The van der Waals surface area contributed by atoms with Crippen LogP contribution in [0, 0.1) is 18.5 Å². The van der Waals surface area contributed by atoms with Gasteiger partial charge in [-0.2, -0.15) is 18.2 Å². The van der Waals surface area contributed by atoms with Crippen molar-refractivity contribution in [3.63, 3.8) is 0 Å². The predicted molar refractivity (Wildman–Crippen MR) is 365 cm³/mol. The molecule has 0 saturated heterocycles. The summed E-state index contributed by atoms with van der Waals surface area (Å²) in [6.45, 7) is 6.31.